The Morgan fingerprint density at radius 2 is 2.22 bits per heavy atom. The van der Waals surface area contributed by atoms with Crippen molar-refractivity contribution in [2.24, 2.45) is 5.41 Å². The molecule has 0 radical (unpaired) electrons. The van der Waals surface area contributed by atoms with Crippen LogP contribution < -0.4 is 11.2 Å². The molecule has 0 saturated carbocycles. The van der Waals surface area contributed by atoms with Gasteiger partial charge in [-0.25, -0.2) is 4.79 Å². The van der Waals surface area contributed by atoms with Crippen LogP contribution in [0.5, 0.6) is 0 Å². The van der Waals surface area contributed by atoms with Crippen LogP contribution in [0.25, 0.3) is 0 Å². The predicted octanol–water partition coefficient (Wildman–Crippen LogP) is 0.328. The van der Waals surface area contributed by atoms with Crippen molar-refractivity contribution < 1.29 is 9.90 Å². The number of aryl methyl sites for hydroxylation is 1. The topological polar surface area (TPSA) is 95.4 Å². The summed E-state index contributed by atoms with van der Waals surface area (Å²) in [5.74, 6) is -0.0169. The SMILES string of the molecule is CCC[C@]1(CO)CCCN(C(=O)CCn2ccc(=O)[nH]c2=O)C1. The van der Waals surface area contributed by atoms with E-state index in [9.17, 15) is 19.5 Å². The molecule has 128 valence electrons. The molecule has 1 atom stereocenters. The number of piperidine rings is 1. The van der Waals surface area contributed by atoms with Crippen molar-refractivity contribution in [1.29, 1.82) is 0 Å². The lowest BCUT2D eigenvalue weighted by atomic mass is 9.77. The van der Waals surface area contributed by atoms with Crippen LogP contribution in [0.2, 0.25) is 0 Å². The van der Waals surface area contributed by atoms with Crippen LogP contribution >= 0.6 is 0 Å². The number of aromatic amines is 1. The van der Waals surface area contributed by atoms with Gasteiger partial charge in [-0.15, -0.1) is 0 Å². The van der Waals surface area contributed by atoms with E-state index in [4.69, 9.17) is 0 Å². The van der Waals surface area contributed by atoms with Gasteiger partial charge in [0.05, 0.1) is 6.61 Å². The minimum atomic E-state index is -0.500. The van der Waals surface area contributed by atoms with Gasteiger partial charge in [0, 0.05) is 43.7 Å². The number of H-pyrrole nitrogens is 1. The van der Waals surface area contributed by atoms with Gasteiger partial charge in [0.1, 0.15) is 0 Å². The maximum Gasteiger partial charge on any atom is 0.328 e. The summed E-state index contributed by atoms with van der Waals surface area (Å²) in [4.78, 5) is 39.0. The number of nitrogens with zero attached hydrogens (tertiary/aromatic N) is 2. The summed E-state index contributed by atoms with van der Waals surface area (Å²) in [5, 5.41) is 9.73. The van der Waals surface area contributed by atoms with E-state index < -0.39 is 11.2 Å². The number of likely N-dealkylation sites (tertiary alicyclic amines) is 1. The summed E-state index contributed by atoms with van der Waals surface area (Å²) in [6.45, 7) is 3.71. The van der Waals surface area contributed by atoms with Gasteiger partial charge in [-0.2, -0.15) is 0 Å². The van der Waals surface area contributed by atoms with Gasteiger partial charge in [0.2, 0.25) is 5.91 Å². The summed E-state index contributed by atoms with van der Waals surface area (Å²) in [6.07, 6.45) is 5.34. The standard InChI is InChI=1S/C16H25N3O4/c1-2-6-16(12-20)7-3-8-19(11-16)14(22)5-10-18-9-4-13(21)17-15(18)23/h4,9,20H,2-3,5-8,10-12H2,1H3,(H,17,21,23)/t16-/m0/s1. The van der Waals surface area contributed by atoms with Crippen molar-refractivity contribution in [3.05, 3.63) is 33.1 Å². The highest BCUT2D eigenvalue weighted by Crippen LogP contribution is 2.34. The number of aliphatic hydroxyl groups excluding tert-OH is 1. The molecule has 1 aliphatic rings. The maximum absolute atomic E-state index is 12.4. The first-order chi connectivity index (χ1) is 11.0. The zero-order chi connectivity index (χ0) is 16.9. The van der Waals surface area contributed by atoms with Crippen LogP contribution in [-0.2, 0) is 11.3 Å². The Balaban J connectivity index is 1.97. The second-order valence-electron chi connectivity index (χ2n) is 6.38. The Morgan fingerprint density at radius 1 is 1.43 bits per heavy atom. The third kappa shape index (κ3) is 4.31. The third-order valence-corrected chi connectivity index (χ3v) is 4.59. The fourth-order valence-corrected chi connectivity index (χ4v) is 3.36. The van der Waals surface area contributed by atoms with Crippen molar-refractivity contribution in [3.63, 3.8) is 0 Å². The van der Waals surface area contributed by atoms with E-state index in [0.29, 0.717) is 13.1 Å². The minimum Gasteiger partial charge on any atom is -0.396 e. The van der Waals surface area contributed by atoms with Crippen molar-refractivity contribution in [3.8, 4) is 0 Å². The number of nitrogens with one attached hydrogen (secondary N) is 1. The minimum absolute atomic E-state index is 0.0169. The molecular formula is C16H25N3O4. The molecule has 7 nitrogen and oxygen atoms in total. The first-order valence-electron chi connectivity index (χ1n) is 8.18. The molecule has 0 aromatic carbocycles. The van der Waals surface area contributed by atoms with Crippen molar-refractivity contribution in [1.82, 2.24) is 14.5 Å². The third-order valence-electron chi connectivity index (χ3n) is 4.59. The van der Waals surface area contributed by atoms with Crippen LogP contribution in [0.1, 0.15) is 39.0 Å². The number of carbonyl (C=O) groups excluding carboxylic acids is 1. The van der Waals surface area contributed by atoms with Crippen LogP contribution in [0, 0.1) is 5.41 Å². The average molecular weight is 323 g/mol. The van der Waals surface area contributed by atoms with Crippen molar-refractivity contribution in [2.45, 2.75) is 45.6 Å². The van der Waals surface area contributed by atoms with Crippen LogP contribution in [-0.4, -0.2) is 45.2 Å². The molecule has 0 aliphatic carbocycles. The molecule has 1 aromatic rings. The van der Waals surface area contributed by atoms with E-state index in [2.05, 4.69) is 11.9 Å². The highest BCUT2D eigenvalue weighted by molar-refractivity contribution is 5.76. The van der Waals surface area contributed by atoms with Crippen molar-refractivity contribution >= 4 is 5.91 Å². The highest BCUT2D eigenvalue weighted by Gasteiger charge is 2.35. The molecule has 23 heavy (non-hydrogen) atoms. The van der Waals surface area contributed by atoms with E-state index in [1.54, 1.807) is 4.90 Å². The molecule has 1 amide bonds. The molecule has 1 aliphatic heterocycles. The summed E-state index contributed by atoms with van der Waals surface area (Å²) >= 11 is 0. The van der Waals surface area contributed by atoms with Gasteiger partial charge < -0.3 is 14.6 Å². The van der Waals surface area contributed by atoms with Gasteiger partial charge in [-0.3, -0.25) is 14.6 Å². The van der Waals surface area contributed by atoms with Crippen LogP contribution in [0.4, 0.5) is 0 Å². The lowest BCUT2D eigenvalue weighted by molar-refractivity contribution is -0.136. The maximum atomic E-state index is 12.4. The molecule has 0 bridgehead atoms. The highest BCUT2D eigenvalue weighted by atomic mass is 16.3. The molecule has 0 unspecified atom stereocenters. The lowest BCUT2D eigenvalue weighted by Crippen LogP contribution is -2.48. The summed E-state index contributed by atoms with van der Waals surface area (Å²) in [6, 6.07) is 1.27. The Hall–Kier alpha value is -1.89. The molecule has 0 spiro atoms. The van der Waals surface area contributed by atoms with E-state index in [1.165, 1.54) is 16.8 Å². The van der Waals surface area contributed by atoms with Gasteiger partial charge in [0.15, 0.2) is 0 Å². The quantitative estimate of drug-likeness (QED) is 0.788. The Bertz CT molecular complexity index is 647. The second kappa shape index (κ2) is 7.59. The fourth-order valence-electron chi connectivity index (χ4n) is 3.36. The normalized spacial score (nSPS) is 21.4. The fraction of sp³-hybridized carbons (Fsp3) is 0.688. The number of rotatable bonds is 6. The van der Waals surface area contributed by atoms with Crippen LogP contribution in [0.15, 0.2) is 21.9 Å². The predicted molar refractivity (Wildman–Crippen MR) is 86.2 cm³/mol. The van der Waals surface area contributed by atoms with Crippen molar-refractivity contribution in [2.75, 3.05) is 19.7 Å². The van der Waals surface area contributed by atoms with Gasteiger partial charge >= 0.3 is 5.69 Å². The molecule has 2 N–H and O–H groups in total. The summed E-state index contributed by atoms with van der Waals surface area (Å²) in [7, 11) is 0. The zero-order valence-electron chi connectivity index (χ0n) is 13.6. The first-order valence-corrected chi connectivity index (χ1v) is 8.18. The molecule has 7 heteroatoms. The zero-order valence-corrected chi connectivity index (χ0v) is 13.6. The monoisotopic (exact) mass is 323 g/mol. The smallest absolute Gasteiger partial charge is 0.328 e. The molecule has 2 heterocycles. The summed E-state index contributed by atoms with van der Waals surface area (Å²) < 4.78 is 1.33. The lowest BCUT2D eigenvalue weighted by Gasteiger charge is -2.42. The van der Waals surface area contributed by atoms with E-state index in [1.807, 2.05) is 0 Å². The number of carbonyl (C=O) groups is 1. The number of aliphatic hydroxyl groups is 1. The van der Waals surface area contributed by atoms with Crippen LogP contribution in [0.3, 0.4) is 0 Å². The van der Waals surface area contributed by atoms with E-state index >= 15 is 0 Å². The first kappa shape index (κ1) is 17.5. The summed E-state index contributed by atoms with van der Waals surface area (Å²) in [5.41, 5.74) is -1.13. The van der Waals surface area contributed by atoms with Gasteiger partial charge in [-0.05, 0) is 19.3 Å². The van der Waals surface area contributed by atoms with E-state index in [0.717, 1.165) is 25.7 Å². The molecule has 2 rings (SSSR count). The number of aromatic nitrogens is 2. The van der Waals surface area contributed by atoms with Gasteiger partial charge in [-0.1, -0.05) is 13.3 Å². The number of amides is 1. The molecular weight excluding hydrogens is 298 g/mol. The Kier molecular flexibility index (Phi) is 5.76. The largest absolute Gasteiger partial charge is 0.396 e. The average Bonchev–Trinajstić information content (AvgIpc) is 2.54. The van der Waals surface area contributed by atoms with E-state index in [-0.39, 0.29) is 30.9 Å². The Morgan fingerprint density at radius 3 is 2.87 bits per heavy atom. The Labute approximate surface area is 134 Å². The molecule has 1 fully saturated rings. The number of hydrogen-bond acceptors (Lipinski definition) is 4. The molecule has 1 aromatic heterocycles. The van der Waals surface area contributed by atoms with Gasteiger partial charge in [0.25, 0.3) is 5.56 Å². The second-order valence-corrected chi connectivity index (χ2v) is 6.38. The number of hydrogen-bond donors (Lipinski definition) is 2. The molecule has 1 saturated heterocycles.